The number of hydrogen-bond acceptors (Lipinski definition) is 2. The topological polar surface area (TPSA) is 40.5 Å². The van der Waals surface area contributed by atoms with E-state index in [2.05, 4.69) is 19.7 Å². The van der Waals surface area contributed by atoms with Crippen LogP contribution in [-0.4, -0.2) is 17.2 Å². The molecular weight excluding hydrogens is 139 g/mol. The molecule has 0 aliphatic rings. The Labute approximate surface area is 67.7 Å². The first-order valence-corrected chi connectivity index (χ1v) is 3.42. The van der Waals surface area contributed by atoms with Crippen LogP contribution in [0.25, 0.3) is 0 Å². The lowest BCUT2D eigenvalue weighted by Gasteiger charge is -2.02. The molecule has 3 heteroatoms. The minimum atomic E-state index is -1.41. The average molecular weight is 152 g/mol. The molecule has 0 saturated heterocycles. The predicted octanol–water partition coefficient (Wildman–Crippen LogP) is 1.08. The zero-order valence-corrected chi connectivity index (χ0v) is 6.58. The molecule has 0 atom stereocenters. The summed E-state index contributed by atoms with van der Waals surface area (Å²) in [6, 6.07) is 0. The molecule has 11 heavy (non-hydrogen) atoms. The molecule has 0 radical (unpaired) electrons. The molecule has 2 N–H and O–H groups in total. The molecule has 0 aromatic heterocycles. The highest BCUT2D eigenvalue weighted by molar-refractivity contribution is 6.50. The van der Waals surface area contributed by atoms with Gasteiger partial charge >= 0.3 is 7.12 Å². The molecule has 0 aromatic rings. The van der Waals surface area contributed by atoms with Crippen LogP contribution in [0.1, 0.15) is 12.8 Å². The molecule has 2 nitrogen and oxygen atoms in total. The maximum atomic E-state index is 8.61. The van der Waals surface area contributed by atoms with Gasteiger partial charge in [-0.1, -0.05) is 24.8 Å². The zero-order valence-electron chi connectivity index (χ0n) is 6.58. The van der Waals surface area contributed by atoms with Crippen molar-refractivity contribution in [3.8, 4) is 0 Å². The Morgan fingerprint density at radius 2 is 1.82 bits per heavy atom. The summed E-state index contributed by atoms with van der Waals surface area (Å²) >= 11 is 0. The van der Waals surface area contributed by atoms with Gasteiger partial charge in [0.25, 0.3) is 0 Å². The van der Waals surface area contributed by atoms with Crippen molar-refractivity contribution in [1.29, 1.82) is 0 Å². The van der Waals surface area contributed by atoms with E-state index in [-0.39, 0.29) is 0 Å². The van der Waals surface area contributed by atoms with E-state index in [0.29, 0.717) is 18.3 Å². The van der Waals surface area contributed by atoms with Crippen molar-refractivity contribution in [3.63, 3.8) is 0 Å². The fraction of sp³-hybridized carbons (Fsp3) is 0.250. The van der Waals surface area contributed by atoms with Crippen molar-refractivity contribution in [2.45, 2.75) is 12.8 Å². The maximum Gasteiger partial charge on any atom is 0.483 e. The molecule has 0 spiro atoms. The molecule has 0 amide bonds. The molecule has 0 aliphatic heterocycles. The van der Waals surface area contributed by atoms with Crippen LogP contribution >= 0.6 is 0 Å². The van der Waals surface area contributed by atoms with Gasteiger partial charge in [0.1, 0.15) is 0 Å². The normalized spacial score (nSPS) is 8.91. The van der Waals surface area contributed by atoms with Crippen LogP contribution < -0.4 is 0 Å². The van der Waals surface area contributed by atoms with Crippen LogP contribution in [-0.2, 0) is 0 Å². The Balaban J connectivity index is 3.62. The van der Waals surface area contributed by atoms with Crippen molar-refractivity contribution in [2.24, 2.45) is 0 Å². The highest BCUT2D eigenvalue weighted by Gasteiger charge is 2.10. The molecular formula is C8H13BO2. The quantitative estimate of drug-likeness (QED) is 0.457. The maximum absolute atomic E-state index is 8.61. The predicted molar refractivity (Wildman–Crippen MR) is 47.9 cm³/mol. The summed E-state index contributed by atoms with van der Waals surface area (Å²) in [5, 5.41) is 17.2. The molecule has 0 saturated carbocycles. The monoisotopic (exact) mass is 152 g/mol. The number of allylic oxidation sites excluding steroid dienone is 3. The summed E-state index contributed by atoms with van der Waals surface area (Å²) in [5.74, 6) is 0. The summed E-state index contributed by atoms with van der Waals surface area (Å²) in [6.45, 7) is 10.7. The summed E-state index contributed by atoms with van der Waals surface area (Å²) in [5.41, 5.74) is 1.29. The second-order valence-electron chi connectivity index (χ2n) is 2.39. The Morgan fingerprint density at radius 1 is 1.27 bits per heavy atom. The lowest BCUT2D eigenvalue weighted by molar-refractivity contribution is 0.417. The summed E-state index contributed by atoms with van der Waals surface area (Å²) in [4.78, 5) is 0. The van der Waals surface area contributed by atoms with Crippen LogP contribution in [0.15, 0.2) is 36.9 Å². The van der Waals surface area contributed by atoms with Gasteiger partial charge in [-0.05, 0) is 18.3 Å². The average Bonchev–Trinajstić information content (AvgIpc) is 1.99. The first kappa shape index (κ1) is 10.2. The van der Waals surface area contributed by atoms with Crippen LogP contribution in [0, 0.1) is 0 Å². The van der Waals surface area contributed by atoms with E-state index in [1.54, 1.807) is 6.08 Å². The number of hydrogen-bond donors (Lipinski definition) is 2. The first-order valence-electron chi connectivity index (χ1n) is 3.42. The van der Waals surface area contributed by atoms with Gasteiger partial charge in [-0.25, -0.2) is 0 Å². The third-order valence-electron chi connectivity index (χ3n) is 1.42. The van der Waals surface area contributed by atoms with Crippen molar-refractivity contribution in [1.82, 2.24) is 0 Å². The van der Waals surface area contributed by atoms with Gasteiger partial charge < -0.3 is 10.0 Å². The lowest BCUT2D eigenvalue weighted by Crippen LogP contribution is -2.14. The van der Waals surface area contributed by atoms with Gasteiger partial charge in [0, 0.05) is 0 Å². The standard InChI is InChI=1S/C8H13BO2/c1-4-7(2)5-6-8(3)9(10)11/h4,10-11H,1-3,5-6H2. The molecule has 0 aliphatic carbocycles. The van der Waals surface area contributed by atoms with E-state index in [1.165, 1.54) is 0 Å². The van der Waals surface area contributed by atoms with E-state index < -0.39 is 7.12 Å². The SMILES string of the molecule is C=CC(=C)CCC(=C)B(O)O. The molecule has 60 valence electrons. The molecule has 0 bridgehead atoms. The zero-order chi connectivity index (χ0) is 8.85. The number of rotatable bonds is 5. The molecule has 0 aromatic carbocycles. The molecule has 0 fully saturated rings. The van der Waals surface area contributed by atoms with E-state index in [0.717, 1.165) is 5.57 Å². The minimum absolute atomic E-state index is 0.410. The fourth-order valence-corrected chi connectivity index (χ4v) is 0.552. The van der Waals surface area contributed by atoms with Crippen molar-refractivity contribution < 1.29 is 10.0 Å². The van der Waals surface area contributed by atoms with Crippen molar-refractivity contribution >= 4 is 7.12 Å². The van der Waals surface area contributed by atoms with Crippen molar-refractivity contribution in [2.75, 3.05) is 0 Å². The largest absolute Gasteiger partial charge is 0.483 e. The van der Waals surface area contributed by atoms with E-state index in [1.807, 2.05) is 0 Å². The lowest BCUT2D eigenvalue weighted by atomic mass is 9.77. The van der Waals surface area contributed by atoms with Crippen LogP contribution in [0.2, 0.25) is 0 Å². The van der Waals surface area contributed by atoms with Gasteiger partial charge in [0.2, 0.25) is 0 Å². The fourth-order valence-electron chi connectivity index (χ4n) is 0.552. The molecule has 0 unspecified atom stereocenters. The molecule has 0 heterocycles. The van der Waals surface area contributed by atoms with Crippen LogP contribution in [0.3, 0.4) is 0 Å². The van der Waals surface area contributed by atoms with Gasteiger partial charge in [0.15, 0.2) is 0 Å². The third-order valence-corrected chi connectivity index (χ3v) is 1.42. The van der Waals surface area contributed by atoms with Gasteiger partial charge in [0.05, 0.1) is 0 Å². The van der Waals surface area contributed by atoms with Crippen LogP contribution in [0.5, 0.6) is 0 Å². The van der Waals surface area contributed by atoms with E-state index in [9.17, 15) is 0 Å². The van der Waals surface area contributed by atoms with E-state index in [4.69, 9.17) is 10.0 Å². The van der Waals surface area contributed by atoms with E-state index >= 15 is 0 Å². The second kappa shape index (κ2) is 4.94. The summed E-state index contributed by atoms with van der Waals surface area (Å²) in [6.07, 6.45) is 2.87. The molecule has 0 rings (SSSR count). The van der Waals surface area contributed by atoms with Gasteiger partial charge in [-0.15, -0.1) is 6.58 Å². The van der Waals surface area contributed by atoms with Crippen LogP contribution in [0.4, 0.5) is 0 Å². The smallest absolute Gasteiger partial charge is 0.423 e. The van der Waals surface area contributed by atoms with Gasteiger partial charge in [-0.2, -0.15) is 0 Å². The summed E-state index contributed by atoms with van der Waals surface area (Å²) < 4.78 is 0. The minimum Gasteiger partial charge on any atom is -0.423 e. The second-order valence-corrected chi connectivity index (χ2v) is 2.39. The third kappa shape index (κ3) is 4.59. The Morgan fingerprint density at radius 3 is 2.18 bits per heavy atom. The van der Waals surface area contributed by atoms with Gasteiger partial charge in [-0.3, -0.25) is 0 Å². The Kier molecular flexibility index (Phi) is 4.58. The Bertz CT molecular complexity index is 173. The summed E-state index contributed by atoms with van der Waals surface area (Å²) in [7, 11) is -1.41. The highest BCUT2D eigenvalue weighted by Crippen LogP contribution is 2.09. The first-order chi connectivity index (χ1) is 5.07. The highest BCUT2D eigenvalue weighted by atomic mass is 16.4. The van der Waals surface area contributed by atoms with Crippen molar-refractivity contribution in [3.05, 3.63) is 36.9 Å². The Hall–Kier alpha value is -0.795.